The topological polar surface area (TPSA) is 24.1 Å². The van der Waals surface area contributed by atoms with Crippen molar-refractivity contribution in [1.82, 2.24) is 10.6 Å². The van der Waals surface area contributed by atoms with E-state index in [9.17, 15) is 0 Å². The highest BCUT2D eigenvalue weighted by molar-refractivity contribution is 6.30. The normalized spacial score (nSPS) is 25.9. The lowest BCUT2D eigenvalue weighted by molar-refractivity contribution is 0.248. The number of hydrogen-bond donors (Lipinski definition) is 2. The first kappa shape index (κ1) is 13.9. The maximum Gasteiger partial charge on any atom is 0.0406 e. The predicted molar refractivity (Wildman–Crippen MR) is 78.1 cm³/mol. The van der Waals surface area contributed by atoms with Gasteiger partial charge in [0.05, 0.1) is 0 Å². The van der Waals surface area contributed by atoms with Gasteiger partial charge in [0, 0.05) is 17.1 Å². The predicted octanol–water partition coefficient (Wildman–Crippen LogP) is 3.38. The van der Waals surface area contributed by atoms with Crippen molar-refractivity contribution in [3.8, 4) is 0 Å². The molecule has 2 rings (SSSR count). The van der Waals surface area contributed by atoms with Gasteiger partial charge >= 0.3 is 0 Å². The summed E-state index contributed by atoms with van der Waals surface area (Å²) in [6.45, 7) is 0. The molecule has 2 N–H and O–H groups in total. The van der Waals surface area contributed by atoms with Crippen LogP contribution in [0.25, 0.3) is 0 Å². The number of benzene rings is 1. The molecule has 1 aliphatic rings. The van der Waals surface area contributed by atoms with Crippen molar-refractivity contribution < 1.29 is 0 Å². The van der Waals surface area contributed by atoms with E-state index >= 15 is 0 Å². The number of halogens is 1. The van der Waals surface area contributed by atoms with Gasteiger partial charge in [-0.25, -0.2) is 0 Å². The van der Waals surface area contributed by atoms with Crippen molar-refractivity contribution in [2.24, 2.45) is 5.92 Å². The van der Waals surface area contributed by atoms with Crippen LogP contribution in [0.5, 0.6) is 0 Å². The highest BCUT2D eigenvalue weighted by atomic mass is 35.5. The molecule has 1 aliphatic carbocycles. The van der Waals surface area contributed by atoms with E-state index < -0.39 is 0 Å². The number of hydrogen-bond acceptors (Lipinski definition) is 2. The molecule has 0 heterocycles. The van der Waals surface area contributed by atoms with E-state index in [0.717, 1.165) is 10.9 Å². The molecule has 0 amide bonds. The van der Waals surface area contributed by atoms with Crippen LogP contribution in [0.15, 0.2) is 24.3 Å². The molecular weight excluding hydrogens is 244 g/mol. The summed E-state index contributed by atoms with van der Waals surface area (Å²) in [4.78, 5) is 0. The van der Waals surface area contributed by atoms with Crippen molar-refractivity contribution in [3.05, 3.63) is 34.9 Å². The first-order chi connectivity index (χ1) is 8.74. The van der Waals surface area contributed by atoms with Gasteiger partial charge in [-0.05, 0) is 63.4 Å². The Balaban J connectivity index is 2.03. The monoisotopic (exact) mass is 266 g/mol. The Bertz CT molecular complexity index is 355. The summed E-state index contributed by atoms with van der Waals surface area (Å²) in [6, 6.07) is 9.44. The SMILES string of the molecule is CNC1CCC(C(NC)c2ccc(Cl)cc2)CC1. The van der Waals surface area contributed by atoms with E-state index in [1.165, 1.54) is 31.2 Å². The van der Waals surface area contributed by atoms with E-state index in [0.29, 0.717) is 12.1 Å². The standard InChI is InChI=1S/C15H23ClN2/c1-17-14-9-5-12(6-10-14)15(18-2)11-3-7-13(16)8-4-11/h3-4,7-8,12,14-15,17-18H,5-6,9-10H2,1-2H3. The minimum absolute atomic E-state index is 0.458. The third-order valence-electron chi connectivity index (χ3n) is 4.19. The third kappa shape index (κ3) is 3.25. The molecule has 0 saturated heterocycles. The van der Waals surface area contributed by atoms with E-state index in [-0.39, 0.29) is 0 Å². The van der Waals surface area contributed by atoms with Gasteiger partial charge < -0.3 is 10.6 Å². The van der Waals surface area contributed by atoms with Gasteiger partial charge in [-0.2, -0.15) is 0 Å². The van der Waals surface area contributed by atoms with Crippen LogP contribution in [0.3, 0.4) is 0 Å². The molecule has 0 aromatic heterocycles. The van der Waals surface area contributed by atoms with Gasteiger partial charge in [0.15, 0.2) is 0 Å². The van der Waals surface area contributed by atoms with Crippen LogP contribution in [0.1, 0.15) is 37.3 Å². The zero-order valence-electron chi connectivity index (χ0n) is 11.2. The molecule has 100 valence electrons. The molecule has 18 heavy (non-hydrogen) atoms. The minimum Gasteiger partial charge on any atom is -0.317 e. The Labute approximate surface area is 115 Å². The van der Waals surface area contributed by atoms with Crippen LogP contribution in [-0.2, 0) is 0 Å². The summed E-state index contributed by atoms with van der Waals surface area (Å²) < 4.78 is 0. The lowest BCUT2D eigenvalue weighted by Crippen LogP contribution is -2.34. The van der Waals surface area contributed by atoms with Gasteiger partial charge in [0.1, 0.15) is 0 Å². The van der Waals surface area contributed by atoms with Crippen molar-refractivity contribution in [2.45, 2.75) is 37.8 Å². The lowest BCUT2D eigenvalue weighted by Gasteiger charge is -2.34. The van der Waals surface area contributed by atoms with Crippen molar-refractivity contribution in [1.29, 1.82) is 0 Å². The molecule has 1 atom stereocenters. The highest BCUT2D eigenvalue weighted by Crippen LogP contribution is 2.34. The number of nitrogens with one attached hydrogen (secondary N) is 2. The average Bonchev–Trinajstić information content (AvgIpc) is 2.42. The summed E-state index contributed by atoms with van der Waals surface area (Å²) in [5.74, 6) is 0.737. The largest absolute Gasteiger partial charge is 0.317 e. The zero-order valence-corrected chi connectivity index (χ0v) is 12.0. The molecule has 0 spiro atoms. The van der Waals surface area contributed by atoms with E-state index in [1.54, 1.807) is 0 Å². The maximum absolute atomic E-state index is 5.95. The fourth-order valence-corrected chi connectivity index (χ4v) is 3.21. The second kappa shape index (κ2) is 6.55. The molecule has 2 nitrogen and oxygen atoms in total. The fourth-order valence-electron chi connectivity index (χ4n) is 3.09. The van der Waals surface area contributed by atoms with Gasteiger partial charge in [0.25, 0.3) is 0 Å². The number of rotatable bonds is 4. The first-order valence-electron chi connectivity index (χ1n) is 6.84. The molecule has 3 heteroatoms. The molecule has 0 bridgehead atoms. The van der Waals surface area contributed by atoms with Crippen molar-refractivity contribution >= 4 is 11.6 Å². The van der Waals surface area contributed by atoms with Gasteiger partial charge in [-0.3, -0.25) is 0 Å². The smallest absolute Gasteiger partial charge is 0.0406 e. The van der Waals surface area contributed by atoms with Crippen LogP contribution in [0, 0.1) is 5.92 Å². The summed E-state index contributed by atoms with van der Waals surface area (Å²) in [5, 5.41) is 7.68. The zero-order chi connectivity index (χ0) is 13.0. The Morgan fingerprint density at radius 3 is 2.17 bits per heavy atom. The Kier molecular flexibility index (Phi) is 5.04. The fraction of sp³-hybridized carbons (Fsp3) is 0.600. The van der Waals surface area contributed by atoms with Gasteiger partial charge in [-0.1, -0.05) is 23.7 Å². The Hall–Kier alpha value is -0.570. The van der Waals surface area contributed by atoms with Crippen molar-refractivity contribution in [2.75, 3.05) is 14.1 Å². The average molecular weight is 267 g/mol. The van der Waals surface area contributed by atoms with Gasteiger partial charge in [0.2, 0.25) is 0 Å². The van der Waals surface area contributed by atoms with E-state index in [4.69, 9.17) is 11.6 Å². The molecule has 1 aromatic carbocycles. The molecule has 0 radical (unpaired) electrons. The van der Waals surface area contributed by atoms with Crippen LogP contribution in [0.4, 0.5) is 0 Å². The molecule has 1 aromatic rings. The molecule has 1 fully saturated rings. The maximum atomic E-state index is 5.95. The third-order valence-corrected chi connectivity index (χ3v) is 4.44. The first-order valence-corrected chi connectivity index (χ1v) is 7.22. The molecule has 1 unspecified atom stereocenters. The van der Waals surface area contributed by atoms with E-state index in [2.05, 4.69) is 36.9 Å². The minimum atomic E-state index is 0.458. The van der Waals surface area contributed by atoms with Crippen LogP contribution >= 0.6 is 11.6 Å². The summed E-state index contributed by atoms with van der Waals surface area (Å²) >= 11 is 5.95. The summed E-state index contributed by atoms with van der Waals surface area (Å²) in [7, 11) is 4.13. The Morgan fingerprint density at radius 2 is 1.67 bits per heavy atom. The van der Waals surface area contributed by atoms with Crippen LogP contribution in [0.2, 0.25) is 5.02 Å². The molecule has 0 aliphatic heterocycles. The lowest BCUT2D eigenvalue weighted by atomic mass is 9.79. The van der Waals surface area contributed by atoms with Crippen LogP contribution < -0.4 is 10.6 Å². The quantitative estimate of drug-likeness (QED) is 0.873. The summed E-state index contributed by atoms with van der Waals surface area (Å²) in [5.41, 5.74) is 1.36. The Morgan fingerprint density at radius 1 is 1.06 bits per heavy atom. The molecular formula is C15H23ClN2. The van der Waals surface area contributed by atoms with Gasteiger partial charge in [-0.15, -0.1) is 0 Å². The van der Waals surface area contributed by atoms with E-state index in [1.807, 2.05) is 12.1 Å². The second-order valence-corrected chi connectivity index (χ2v) is 5.65. The molecule has 1 saturated carbocycles. The van der Waals surface area contributed by atoms with Crippen LogP contribution in [-0.4, -0.2) is 20.1 Å². The second-order valence-electron chi connectivity index (χ2n) is 5.22. The highest BCUT2D eigenvalue weighted by Gasteiger charge is 2.26. The van der Waals surface area contributed by atoms with Crippen molar-refractivity contribution in [3.63, 3.8) is 0 Å². The summed E-state index contributed by atoms with van der Waals surface area (Å²) in [6.07, 6.45) is 5.15.